The summed E-state index contributed by atoms with van der Waals surface area (Å²) in [6, 6.07) is 4.78. The molecule has 0 unspecified atom stereocenters. The number of amides is 1. The average Bonchev–Trinajstić information content (AvgIpc) is 3.48. The summed E-state index contributed by atoms with van der Waals surface area (Å²) in [5, 5.41) is 9.99. The SMILES string of the molecule is CC(C)(O)C1CN(C(=O)c2cnc(CCc3cc(OC(F)(F)F)cc(C4CC4)c3)nc2)C1. The number of ether oxygens (including phenoxy) is 1. The molecule has 1 aromatic heterocycles. The maximum atomic E-state index is 12.7. The minimum atomic E-state index is -4.73. The molecule has 1 amide bonds. The van der Waals surface area contributed by atoms with E-state index in [0.29, 0.717) is 43.2 Å². The van der Waals surface area contributed by atoms with Crippen molar-refractivity contribution in [2.75, 3.05) is 13.1 Å². The van der Waals surface area contributed by atoms with Crippen molar-refractivity contribution in [3.05, 3.63) is 53.1 Å². The number of hydrogen-bond donors (Lipinski definition) is 1. The molecule has 4 rings (SSSR count). The molecular weight excluding hydrogens is 423 g/mol. The number of carbonyl (C=O) groups excluding carboxylic acids is 1. The van der Waals surface area contributed by atoms with Crippen molar-refractivity contribution in [3.8, 4) is 5.75 Å². The van der Waals surface area contributed by atoms with Crippen LogP contribution in [0.4, 0.5) is 13.2 Å². The van der Waals surface area contributed by atoms with Crippen molar-refractivity contribution >= 4 is 5.91 Å². The minimum Gasteiger partial charge on any atom is -0.406 e. The van der Waals surface area contributed by atoms with Crippen LogP contribution in [0.3, 0.4) is 0 Å². The predicted molar refractivity (Wildman–Crippen MR) is 110 cm³/mol. The van der Waals surface area contributed by atoms with Crippen molar-refractivity contribution in [2.24, 2.45) is 5.92 Å². The zero-order valence-electron chi connectivity index (χ0n) is 18.0. The fourth-order valence-corrected chi connectivity index (χ4v) is 3.80. The van der Waals surface area contributed by atoms with Crippen LogP contribution in [0.1, 0.15) is 59.9 Å². The number of rotatable bonds is 7. The van der Waals surface area contributed by atoms with E-state index in [1.165, 1.54) is 24.5 Å². The van der Waals surface area contributed by atoms with Gasteiger partial charge in [-0.2, -0.15) is 0 Å². The second-order valence-electron chi connectivity index (χ2n) is 9.18. The molecule has 1 aliphatic carbocycles. The molecule has 1 aliphatic heterocycles. The number of halogens is 3. The van der Waals surface area contributed by atoms with E-state index >= 15 is 0 Å². The van der Waals surface area contributed by atoms with Crippen LogP contribution in [0.25, 0.3) is 0 Å². The Kier molecular flexibility index (Phi) is 5.87. The Hall–Kier alpha value is -2.68. The number of carbonyl (C=O) groups is 1. The smallest absolute Gasteiger partial charge is 0.406 e. The summed E-state index contributed by atoms with van der Waals surface area (Å²) in [5.74, 6) is 0.476. The lowest BCUT2D eigenvalue weighted by atomic mass is 9.84. The minimum absolute atomic E-state index is 0.0456. The molecule has 1 saturated heterocycles. The van der Waals surface area contributed by atoms with E-state index in [0.717, 1.165) is 24.0 Å². The van der Waals surface area contributed by atoms with Crippen LogP contribution in [-0.2, 0) is 12.8 Å². The summed E-state index contributed by atoms with van der Waals surface area (Å²) < 4.78 is 42.1. The highest BCUT2D eigenvalue weighted by Crippen LogP contribution is 2.42. The molecule has 2 aliphatic rings. The van der Waals surface area contributed by atoms with Gasteiger partial charge >= 0.3 is 6.36 Å². The summed E-state index contributed by atoms with van der Waals surface area (Å²) in [5.41, 5.74) is 1.15. The number of alkyl halides is 3. The van der Waals surface area contributed by atoms with Crippen molar-refractivity contribution in [1.82, 2.24) is 14.9 Å². The highest BCUT2D eigenvalue weighted by Gasteiger charge is 2.40. The molecular formula is C23H26F3N3O3. The quantitative estimate of drug-likeness (QED) is 0.694. The molecule has 0 radical (unpaired) electrons. The normalized spacial score (nSPS) is 17.2. The van der Waals surface area contributed by atoms with Crippen LogP contribution in [-0.4, -0.2) is 50.9 Å². The molecule has 6 nitrogen and oxygen atoms in total. The van der Waals surface area contributed by atoms with Crippen LogP contribution in [0, 0.1) is 5.92 Å². The standard InChI is InChI=1S/C23H26F3N3O3/c1-22(2,31)18-12-29(13-18)21(30)17-10-27-20(28-11-17)6-3-14-7-16(15-4-5-15)9-19(8-14)32-23(24,25)26/h7-11,15,18,31H,3-6,12-13H2,1-2H3. The van der Waals surface area contributed by atoms with E-state index < -0.39 is 12.0 Å². The Balaban J connectivity index is 1.37. The first-order valence-electron chi connectivity index (χ1n) is 10.7. The van der Waals surface area contributed by atoms with E-state index in [9.17, 15) is 23.1 Å². The van der Waals surface area contributed by atoms with Gasteiger partial charge < -0.3 is 14.7 Å². The molecule has 2 aromatic rings. The van der Waals surface area contributed by atoms with Gasteiger partial charge in [0.25, 0.3) is 5.91 Å². The van der Waals surface area contributed by atoms with Gasteiger partial charge in [-0.3, -0.25) is 4.79 Å². The molecule has 172 valence electrons. The van der Waals surface area contributed by atoms with Gasteiger partial charge in [0, 0.05) is 37.8 Å². The Bertz CT molecular complexity index is 977. The molecule has 9 heteroatoms. The van der Waals surface area contributed by atoms with Gasteiger partial charge in [0.2, 0.25) is 0 Å². The first-order chi connectivity index (χ1) is 15.0. The first kappa shape index (κ1) is 22.5. The van der Waals surface area contributed by atoms with Crippen molar-refractivity contribution in [2.45, 2.75) is 57.4 Å². The number of nitrogens with zero attached hydrogens (tertiary/aromatic N) is 3. The van der Waals surface area contributed by atoms with Gasteiger partial charge in [0.15, 0.2) is 0 Å². The van der Waals surface area contributed by atoms with Gasteiger partial charge in [0.05, 0.1) is 11.2 Å². The molecule has 0 atom stereocenters. The Morgan fingerprint density at radius 3 is 2.34 bits per heavy atom. The molecule has 2 fully saturated rings. The highest BCUT2D eigenvalue weighted by atomic mass is 19.4. The Labute approximate surface area is 184 Å². The number of likely N-dealkylation sites (tertiary alicyclic amines) is 1. The van der Waals surface area contributed by atoms with Crippen molar-refractivity contribution in [3.63, 3.8) is 0 Å². The summed E-state index contributed by atoms with van der Waals surface area (Å²) in [6.45, 7) is 4.44. The monoisotopic (exact) mass is 449 g/mol. The number of aromatic nitrogens is 2. The molecule has 1 aromatic carbocycles. The Morgan fingerprint density at radius 2 is 1.78 bits per heavy atom. The third kappa shape index (κ3) is 5.56. The second kappa shape index (κ2) is 8.35. The topological polar surface area (TPSA) is 75.5 Å². The van der Waals surface area contributed by atoms with Crippen molar-refractivity contribution in [1.29, 1.82) is 0 Å². The van der Waals surface area contributed by atoms with Gasteiger partial charge in [-0.25, -0.2) is 9.97 Å². The maximum absolute atomic E-state index is 12.7. The van der Waals surface area contributed by atoms with Crippen LogP contribution in [0.2, 0.25) is 0 Å². The van der Waals surface area contributed by atoms with Crippen LogP contribution < -0.4 is 4.74 Å². The molecule has 2 heterocycles. The molecule has 1 N–H and O–H groups in total. The summed E-state index contributed by atoms with van der Waals surface area (Å²) in [4.78, 5) is 22.7. The predicted octanol–water partition coefficient (Wildman–Crippen LogP) is 3.88. The summed E-state index contributed by atoms with van der Waals surface area (Å²) in [7, 11) is 0. The molecule has 0 bridgehead atoms. The fraction of sp³-hybridized carbons (Fsp3) is 0.522. The van der Waals surface area contributed by atoms with Crippen LogP contribution in [0.15, 0.2) is 30.6 Å². The first-order valence-corrected chi connectivity index (χ1v) is 10.7. The largest absolute Gasteiger partial charge is 0.573 e. The molecule has 1 saturated carbocycles. The van der Waals surface area contributed by atoms with Gasteiger partial charge in [-0.05, 0) is 62.3 Å². The maximum Gasteiger partial charge on any atom is 0.573 e. The number of aryl methyl sites for hydroxylation is 2. The lowest BCUT2D eigenvalue weighted by Gasteiger charge is -2.45. The van der Waals surface area contributed by atoms with Crippen LogP contribution >= 0.6 is 0 Å². The van der Waals surface area contributed by atoms with Crippen LogP contribution in [0.5, 0.6) is 5.75 Å². The van der Waals surface area contributed by atoms with E-state index in [1.807, 2.05) is 6.07 Å². The second-order valence-corrected chi connectivity index (χ2v) is 9.18. The zero-order chi connectivity index (χ0) is 23.1. The fourth-order valence-electron chi connectivity index (χ4n) is 3.80. The van der Waals surface area contributed by atoms with E-state index in [2.05, 4.69) is 14.7 Å². The Morgan fingerprint density at radius 1 is 1.12 bits per heavy atom. The third-order valence-electron chi connectivity index (χ3n) is 6.03. The average molecular weight is 449 g/mol. The lowest BCUT2D eigenvalue weighted by molar-refractivity contribution is -0.274. The summed E-state index contributed by atoms with van der Waals surface area (Å²) in [6.07, 6.45) is 1.05. The molecule has 32 heavy (non-hydrogen) atoms. The number of hydrogen-bond acceptors (Lipinski definition) is 5. The lowest BCUT2D eigenvalue weighted by Crippen LogP contribution is -2.57. The van der Waals surface area contributed by atoms with Gasteiger partial charge in [-0.1, -0.05) is 6.07 Å². The van der Waals surface area contributed by atoms with Gasteiger partial charge in [0.1, 0.15) is 11.6 Å². The van der Waals surface area contributed by atoms with Gasteiger partial charge in [-0.15, -0.1) is 13.2 Å². The van der Waals surface area contributed by atoms with E-state index in [-0.39, 0.29) is 17.6 Å². The number of benzene rings is 1. The third-order valence-corrected chi connectivity index (χ3v) is 6.03. The zero-order valence-corrected chi connectivity index (χ0v) is 18.0. The number of aliphatic hydroxyl groups is 1. The highest BCUT2D eigenvalue weighted by molar-refractivity contribution is 5.94. The van der Waals surface area contributed by atoms with E-state index in [4.69, 9.17) is 0 Å². The summed E-state index contributed by atoms with van der Waals surface area (Å²) >= 11 is 0. The van der Waals surface area contributed by atoms with Crippen molar-refractivity contribution < 1.29 is 27.8 Å². The van der Waals surface area contributed by atoms with E-state index in [1.54, 1.807) is 18.7 Å². The molecule has 0 spiro atoms.